The predicted molar refractivity (Wildman–Crippen MR) is 75.9 cm³/mol. The van der Waals surface area contributed by atoms with Gasteiger partial charge in [0.15, 0.2) is 0 Å². The number of ether oxygens (including phenoxy) is 2. The fourth-order valence-corrected chi connectivity index (χ4v) is 1.81. The first-order chi connectivity index (χ1) is 11.2. The summed E-state index contributed by atoms with van der Waals surface area (Å²) in [7, 11) is 0. The Morgan fingerprint density at radius 3 is 2.33 bits per heavy atom. The van der Waals surface area contributed by atoms with E-state index in [1.165, 1.54) is 31.2 Å². The monoisotopic (exact) mass is 360 g/mol. The number of carbonyl (C=O) groups excluding carboxylic acids is 1. The molecular weight excluding hydrogens is 351 g/mol. The van der Waals surface area contributed by atoms with Crippen molar-refractivity contribution in [3.05, 3.63) is 47.1 Å². The SMILES string of the molecule is C[C@@H](Oc1ccc(Oc2ncc(C(F)(F)F)cc2Cl)cc1)C(=O)[O-]. The standard InChI is InChI=1S/C15H11ClF3NO4/c1-8(14(21)22)23-10-2-4-11(5-3-10)24-13-12(16)6-9(7-20-13)15(17,18)19/h2-8H,1H3,(H,21,22)/p-1/t8-/m1/s1. The molecule has 0 amide bonds. The average molecular weight is 361 g/mol. The van der Waals surface area contributed by atoms with E-state index in [0.29, 0.717) is 12.3 Å². The van der Waals surface area contributed by atoms with Crippen molar-refractivity contribution in [1.82, 2.24) is 4.98 Å². The number of aliphatic carboxylic acids is 1. The molecule has 0 N–H and O–H groups in total. The topological polar surface area (TPSA) is 71.5 Å². The molecule has 0 saturated carbocycles. The summed E-state index contributed by atoms with van der Waals surface area (Å²) in [6.07, 6.45) is -5.08. The van der Waals surface area contributed by atoms with E-state index in [1.54, 1.807) is 0 Å². The summed E-state index contributed by atoms with van der Waals surface area (Å²) in [5.74, 6) is -1.07. The Kier molecular flexibility index (Phi) is 5.18. The van der Waals surface area contributed by atoms with Gasteiger partial charge in [-0.15, -0.1) is 0 Å². The molecule has 0 saturated heterocycles. The lowest BCUT2D eigenvalue weighted by Crippen LogP contribution is -2.37. The lowest BCUT2D eigenvalue weighted by molar-refractivity contribution is -0.312. The van der Waals surface area contributed by atoms with Gasteiger partial charge in [0.2, 0.25) is 5.88 Å². The number of nitrogens with zero attached hydrogens (tertiary/aromatic N) is 1. The Balaban J connectivity index is 2.10. The number of rotatable bonds is 5. The first-order valence-corrected chi connectivity index (χ1v) is 6.93. The molecule has 2 aromatic rings. The molecule has 0 aliphatic rings. The Bertz CT molecular complexity index is 734. The van der Waals surface area contributed by atoms with Crippen LogP contribution in [-0.2, 0) is 11.0 Å². The molecule has 0 aliphatic heterocycles. The Labute approximate surface area is 139 Å². The summed E-state index contributed by atoms with van der Waals surface area (Å²) >= 11 is 5.74. The summed E-state index contributed by atoms with van der Waals surface area (Å²) in [6, 6.07) is 6.41. The molecule has 1 aromatic heterocycles. The second-order valence-electron chi connectivity index (χ2n) is 4.66. The van der Waals surface area contributed by atoms with E-state index < -0.39 is 23.8 Å². The van der Waals surface area contributed by atoms with Crippen LogP contribution in [0.15, 0.2) is 36.5 Å². The van der Waals surface area contributed by atoms with Crippen molar-refractivity contribution in [2.45, 2.75) is 19.2 Å². The van der Waals surface area contributed by atoms with Gasteiger partial charge in [-0.25, -0.2) is 4.98 Å². The maximum absolute atomic E-state index is 12.5. The summed E-state index contributed by atoms with van der Waals surface area (Å²) in [5.41, 5.74) is -0.986. The third-order valence-corrected chi connectivity index (χ3v) is 3.09. The molecule has 0 aliphatic carbocycles. The quantitative estimate of drug-likeness (QED) is 0.819. The fraction of sp³-hybridized carbons (Fsp3) is 0.200. The van der Waals surface area contributed by atoms with Crippen LogP contribution in [0.5, 0.6) is 17.4 Å². The van der Waals surface area contributed by atoms with Crippen molar-refractivity contribution >= 4 is 17.6 Å². The highest BCUT2D eigenvalue weighted by Crippen LogP contribution is 2.34. The molecule has 2 rings (SSSR count). The van der Waals surface area contributed by atoms with Crippen LogP contribution in [0, 0.1) is 0 Å². The third kappa shape index (κ3) is 4.51. The van der Waals surface area contributed by atoms with Gasteiger partial charge < -0.3 is 19.4 Å². The molecule has 0 fully saturated rings. The van der Waals surface area contributed by atoms with E-state index in [2.05, 4.69) is 4.98 Å². The van der Waals surface area contributed by atoms with Gasteiger partial charge in [-0.1, -0.05) is 11.6 Å². The van der Waals surface area contributed by atoms with Crippen LogP contribution in [-0.4, -0.2) is 17.1 Å². The van der Waals surface area contributed by atoms with E-state index in [4.69, 9.17) is 21.1 Å². The normalized spacial score (nSPS) is 12.5. The van der Waals surface area contributed by atoms with Crippen molar-refractivity contribution < 1.29 is 32.5 Å². The van der Waals surface area contributed by atoms with Gasteiger partial charge in [-0.3, -0.25) is 0 Å². The van der Waals surface area contributed by atoms with Crippen molar-refractivity contribution in [2.24, 2.45) is 0 Å². The van der Waals surface area contributed by atoms with E-state index in [1.807, 2.05) is 0 Å². The Hall–Kier alpha value is -2.48. The maximum Gasteiger partial charge on any atom is 0.417 e. The zero-order chi connectivity index (χ0) is 17.9. The number of hydrogen-bond acceptors (Lipinski definition) is 5. The molecule has 0 radical (unpaired) electrons. The van der Waals surface area contributed by atoms with Crippen molar-refractivity contribution in [3.63, 3.8) is 0 Å². The number of aromatic nitrogens is 1. The van der Waals surface area contributed by atoms with Crippen molar-refractivity contribution in [3.8, 4) is 17.4 Å². The van der Waals surface area contributed by atoms with E-state index in [-0.39, 0.29) is 22.4 Å². The molecular formula is C15H10ClF3NO4-. The zero-order valence-corrected chi connectivity index (χ0v) is 12.9. The van der Waals surface area contributed by atoms with Gasteiger partial charge in [-0.05, 0) is 37.3 Å². The molecule has 9 heteroatoms. The lowest BCUT2D eigenvalue weighted by atomic mass is 10.3. The molecule has 1 heterocycles. The van der Waals surface area contributed by atoms with Crippen molar-refractivity contribution in [2.75, 3.05) is 0 Å². The number of pyridine rings is 1. The van der Waals surface area contributed by atoms with Gasteiger partial charge in [0.25, 0.3) is 0 Å². The predicted octanol–water partition coefficient (Wildman–Crippen LogP) is 3.06. The fourth-order valence-electron chi connectivity index (χ4n) is 1.61. The van der Waals surface area contributed by atoms with Crippen LogP contribution in [0.2, 0.25) is 5.02 Å². The smallest absolute Gasteiger partial charge is 0.417 e. The highest BCUT2D eigenvalue weighted by molar-refractivity contribution is 6.31. The number of alkyl halides is 3. The van der Waals surface area contributed by atoms with Crippen LogP contribution in [0.25, 0.3) is 0 Å². The number of benzene rings is 1. The van der Waals surface area contributed by atoms with Crippen LogP contribution in [0.1, 0.15) is 12.5 Å². The summed E-state index contributed by atoms with van der Waals surface area (Å²) in [4.78, 5) is 14.1. The molecule has 24 heavy (non-hydrogen) atoms. The first kappa shape index (κ1) is 17.9. The molecule has 128 valence electrons. The highest BCUT2D eigenvalue weighted by Gasteiger charge is 2.31. The number of carboxylic acid groups (broad SMARTS) is 1. The molecule has 1 atom stereocenters. The molecule has 1 aromatic carbocycles. The van der Waals surface area contributed by atoms with Crippen LogP contribution < -0.4 is 14.6 Å². The van der Waals surface area contributed by atoms with Gasteiger partial charge in [0.05, 0.1) is 11.5 Å². The van der Waals surface area contributed by atoms with Gasteiger partial charge >= 0.3 is 6.18 Å². The Morgan fingerprint density at radius 1 is 1.25 bits per heavy atom. The third-order valence-electron chi connectivity index (χ3n) is 2.82. The largest absolute Gasteiger partial charge is 0.546 e. The first-order valence-electron chi connectivity index (χ1n) is 6.55. The average Bonchev–Trinajstić information content (AvgIpc) is 2.50. The van der Waals surface area contributed by atoms with E-state index in [0.717, 1.165) is 0 Å². The molecule has 5 nitrogen and oxygen atoms in total. The molecule has 0 unspecified atom stereocenters. The Morgan fingerprint density at radius 2 is 1.83 bits per heavy atom. The summed E-state index contributed by atoms with van der Waals surface area (Å²) in [5, 5.41) is 10.3. The van der Waals surface area contributed by atoms with Crippen LogP contribution in [0.3, 0.4) is 0 Å². The molecule has 0 bridgehead atoms. The minimum Gasteiger partial charge on any atom is -0.546 e. The van der Waals surface area contributed by atoms with E-state index >= 15 is 0 Å². The number of halogens is 4. The van der Waals surface area contributed by atoms with Gasteiger partial charge in [-0.2, -0.15) is 13.2 Å². The second kappa shape index (κ2) is 6.96. The van der Waals surface area contributed by atoms with E-state index in [9.17, 15) is 23.1 Å². The summed E-state index contributed by atoms with van der Waals surface area (Å²) in [6.45, 7) is 1.31. The molecule has 0 spiro atoms. The van der Waals surface area contributed by atoms with Gasteiger partial charge in [0.1, 0.15) is 22.6 Å². The number of carboxylic acids is 1. The van der Waals surface area contributed by atoms with Crippen LogP contribution in [0.4, 0.5) is 13.2 Å². The maximum atomic E-state index is 12.5. The van der Waals surface area contributed by atoms with Crippen LogP contribution >= 0.6 is 11.6 Å². The highest BCUT2D eigenvalue weighted by atomic mass is 35.5. The minimum absolute atomic E-state index is 0.193. The van der Waals surface area contributed by atoms with Gasteiger partial charge in [0, 0.05) is 6.20 Å². The number of carbonyl (C=O) groups is 1. The summed E-state index contributed by atoms with van der Waals surface area (Å²) < 4.78 is 48.0. The lowest BCUT2D eigenvalue weighted by Gasteiger charge is -2.15. The zero-order valence-electron chi connectivity index (χ0n) is 12.1. The van der Waals surface area contributed by atoms with Crippen molar-refractivity contribution in [1.29, 1.82) is 0 Å². The minimum atomic E-state index is -4.55. The number of hydrogen-bond donors (Lipinski definition) is 0. The second-order valence-corrected chi connectivity index (χ2v) is 5.07.